The maximum absolute atomic E-state index is 13.2. The van der Waals surface area contributed by atoms with E-state index in [1.165, 1.54) is 83.7 Å². The molecule has 6 aromatic rings. The molecule has 0 radical (unpaired) electrons. The Kier molecular flexibility index (Phi) is 17.6. The summed E-state index contributed by atoms with van der Waals surface area (Å²) in [7, 11) is -16.5. The number of benzene rings is 3. The van der Waals surface area contributed by atoms with Crippen LogP contribution in [0.3, 0.4) is 0 Å². The fourth-order valence-electron chi connectivity index (χ4n) is 9.81. The van der Waals surface area contributed by atoms with Crippen molar-refractivity contribution in [1.29, 1.82) is 0 Å². The van der Waals surface area contributed by atoms with Gasteiger partial charge in [0, 0.05) is 47.3 Å². The number of aromatic carboxylic acids is 1. The summed E-state index contributed by atoms with van der Waals surface area (Å²) in [5.74, 6) is -1.72. The molecule has 2 saturated heterocycles. The van der Waals surface area contributed by atoms with Gasteiger partial charge in [-0.3, -0.25) is 28.5 Å². The monoisotopic (exact) mass is 1240 g/mol. The summed E-state index contributed by atoms with van der Waals surface area (Å²) in [4.78, 5) is 141. The van der Waals surface area contributed by atoms with Crippen LogP contribution in [-0.4, -0.2) is 149 Å². The second-order valence-corrected chi connectivity index (χ2v) is 24.1. The van der Waals surface area contributed by atoms with Gasteiger partial charge in [0.15, 0.2) is 35.0 Å². The van der Waals surface area contributed by atoms with Gasteiger partial charge in [-0.15, -0.1) is 0 Å². The van der Waals surface area contributed by atoms with Gasteiger partial charge < -0.3 is 80.5 Å². The summed E-state index contributed by atoms with van der Waals surface area (Å²) in [6, 6.07) is 12.7. The number of fused-ring (bicyclic) bond motifs is 4. The Morgan fingerprint density at radius 3 is 2.24 bits per heavy atom. The van der Waals surface area contributed by atoms with Crippen LogP contribution < -0.4 is 51.5 Å². The Labute approximate surface area is 477 Å². The number of aromatic nitrogens is 8. The minimum atomic E-state index is -6.31. The summed E-state index contributed by atoms with van der Waals surface area (Å²) in [5.41, 5.74) is 6.21. The molecule has 10 atom stereocenters. The molecular weight excluding hydrogens is 1190 g/mol. The molecular formula is C48H52N11O23P3. The molecule has 2 fully saturated rings. The number of H-pyrrole nitrogens is 1. The van der Waals surface area contributed by atoms with E-state index in [0.29, 0.717) is 48.7 Å². The van der Waals surface area contributed by atoms with E-state index in [2.05, 4.69) is 53.2 Å². The van der Waals surface area contributed by atoms with Crippen molar-refractivity contribution in [2.24, 2.45) is 7.05 Å². The lowest BCUT2D eigenvalue weighted by atomic mass is 9.90. The number of rotatable bonds is 23. The average Bonchev–Trinajstić information content (AvgIpc) is 2.15. The van der Waals surface area contributed by atoms with Crippen LogP contribution in [0.5, 0.6) is 5.75 Å². The number of phosphoric acid groups is 3. The molecule has 452 valence electrons. The molecule has 0 spiro atoms. The molecule has 0 saturated carbocycles. The first-order chi connectivity index (χ1) is 40.3. The van der Waals surface area contributed by atoms with E-state index >= 15 is 0 Å². The number of carbonyl (C=O) groups excluding carboxylic acids is 1. The highest BCUT2D eigenvalue weighted by atomic mass is 31.3. The maximum atomic E-state index is 13.2. The predicted octanol–water partition coefficient (Wildman–Crippen LogP) is -2.58. The number of carbonyl (C=O) groups is 2. The van der Waals surface area contributed by atoms with Crippen LogP contribution in [0, 0.1) is 0 Å². The van der Waals surface area contributed by atoms with Crippen LogP contribution in [-0.2, 0) is 34.2 Å². The van der Waals surface area contributed by atoms with E-state index in [4.69, 9.17) is 19.6 Å². The number of aliphatic hydroxyl groups is 4. The van der Waals surface area contributed by atoms with Gasteiger partial charge in [-0.25, -0.2) is 24.3 Å². The van der Waals surface area contributed by atoms with Crippen molar-refractivity contribution in [3.8, 4) is 28.2 Å². The van der Waals surface area contributed by atoms with E-state index in [-0.39, 0.29) is 79.9 Å². The maximum Gasteiger partial charge on any atom is 0.429 e. The number of nitrogen functional groups attached to an aromatic ring is 1. The molecule has 7 heterocycles. The number of nitrogens with zero attached hydrogens (tertiary/aromatic N) is 7. The van der Waals surface area contributed by atoms with E-state index in [1.54, 1.807) is 6.07 Å². The first-order valence-electron chi connectivity index (χ1n) is 25.5. The predicted molar refractivity (Wildman–Crippen MR) is 285 cm³/mol. The second kappa shape index (κ2) is 24.4. The van der Waals surface area contributed by atoms with Crippen molar-refractivity contribution in [1.82, 2.24) is 39.4 Å². The highest BCUT2D eigenvalue weighted by Crippen LogP contribution is 2.70. The Balaban J connectivity index is 0.668. The number of carboxylic acid groups (broad SMARTS) is 1. The lowest BCUT2D eigenvalue weighted by molar-refractivity contribution is -0.745. The minimum absolute atomic E-state index is 0.00718. The number of nitrogens with one attached hydrogen (secondary N) is 3. The van der Waals surface area contributed by atoms with Gasteiger partial charge in [-0.2, -0.15) is 18.8 Å². The molecule has 3 aliphatic heterocycles. The zero-order valence-corrected chi connectivity index (χ0v) is 46.6. The number of aliphatic hydroxyl groups excluding tert-OH is 4. The third kappa shape index (κ3) is 13.1. The van der Waals surface area contributed by atoms with Gasteiger partial charge in [-0.1, -0.05) is 23.9 Å². The molecule has 2 aromatic carbocycles. The van der Waals surface area contributed by atoms with Gasteiger partial charge in [0.1, 0.15) is 73.3 Å². The molecule has 37 heteroatoms. The van der Waals surface area contributed by atoms with Crippen LogP contribution in [0.2, 0.25) is 0 Å². The number of hydrogen-bond donors (Lipinski definition) is 12. The lowest BCUT2D eigenvalue weighted by Crippen LogP contribution is -2.46. The van der Waals surface area contributed by atoms with E-state index in [1.807, 2.05) is 0 Å². The third-order valence-corrected chi connectivity index (χ3v) is 17.9. The van der Waals surface area contributed by atoms with Crippen molar-refractivity contribution in [2.75, 3.05) is 37.4 Å². The van der Waals surface area contributed by atoms with Crippen molar-refractivity contribution in [3.63, 3.8) is 0 Å². The van der Waals surface area contributed by atoms with E-state index in [0.717, 1.165) is 4.57 Å². The van der Waals surface area contributed by atoms with Crippen molar-refractivity contribution in [2.45, 2.75) is 74.8 Å². The summed E-state index contributed by atoms with van der Waals surface area (Å²) in [5, 5.41) is 70.0. The van der Waals surface area contributed by atoms with Gasteiger partial charge in [0.05, 0.1) is 18.9 Å². The highest BCUT2D eigenvalue weighted by Gasteiger charge is 2.53. The number of phenols is 1. The SMILES string of the molecule is Cn1c[n+]([C@@H]2O[C@H](CO[P+]([O-])(O)O[P+]([O-])([O-])O[P+]([O-])(O)OC[C@H]3O[C@@H](n4cnc5c(NCCCCCCNC(=O)c6ccc(-c7c8ccc(=O)cc-8oc8cc(O)ccc78)c(C(=O)O)c6)ncnc54)[C@H](O)[C@@H]3O)[C@@H](O)[C@H]2O)c2nc(N)[nH]c(=O)c21. The minimum Gasteiger partial charge on any atom is -0.627 e. The van der Waals surface area contributed by atoms with Crippen LogP contribution >= 0.6 is 24.5 Å². The normalized spacial score (nSPS) is 22.3. The number of phenolic OH excluding ortho intramolecular Hbond substituents is 1. The number of anilines is 2. The third-order valence-electron chi connectivity index (χ3n) is 13.7. The molecule has 13 N–H and O–H groups in total. The van der Waals surface area contributed by atoms with Gasteiger partial charge >= 0.3 is 36.1 Å². The number of aromatic hydroxyl groups is 1. The van der Waals surface area contributed by atoms with Crippen LogP contribution in [0.15, 0.2) is 87.6 Å². The van der Waals surface area contributed by atoms with Crippen molar-refractivity contribution in [3.05, 3.63) is 105 Å². The zero-order valence-electron chi connectivity index (χ0n) is 44.0. The Bertz CT molecular complexity index is 3900. The highest BCUT2D eigenvalue weighted by molar-refractivity contribution is 7.71. The lowest BCUT2D eigenvalue weighted by Gasteiger charge is -2.33. The smallest absolute Gasteiger partial charge is 0.429 e. The van der Waals surface area contributed by atoms with Gasteiger partial charge in [0.2, 0.25) is 11.7 Å². The molecule has 2 unspecified atom stereocenters. The molecule has 1 aliphatic carbocycles. The zero-order chi connectivity index (χ0) is 60.9. The number of carboxylic acids is 1. The Morgan fingerprint density at radius 2 is 1.52 bits per heavy atom. The molecule has 1 amide bonds. The quantitative estimate of drug-likeness (QED) is 0.0135. The molecule has 0 bridgehead atoms. The van der Waals surface area contributed by atoms with Crippen molar-refractivity contribution < 1.29 is 106 Å². The number of aromatic amines is 1. The fraction of sp³-hybridized carbons (Fsp3) is 0.354. The number of nitrogens with two attached hydrogens (primary N) is 1. The number of imidazole rings is 2. The Morgan fingerprint density at radius 1 is 0.835 bits per heavy atom. The number of phosphoric ester groups is 2. The van der Waals surface area contributed by atoms with Crippen molar-refractivity contribution >= 4 is 81.5 Å². The first-order valence-corrected chi connectivity index (χ1v) is 30.0. The molecule has 10 rings (SSSR count). The van der Waals surface area contributed by atoms with Crippen LogP contribution in [0.1, 0.15) is 58.9 Å². The fourth-order valence-corrected chi connectivity index (χ4v) is 13.3. The molecule has 4 aromatic heterocycles. The number of amides is 1. The largest absolute Gasteiger partial charge is 0.627 e. The standard InChI is InChI=1S/C48H52N11O23P3/c1-57-21-59(42-35(57)44(67)56-48(49)55-42)46-39(65)37(63)32(80-46)18-77-84(72,73)82-85(74,75)81-83(70,71)76-17-31-36(62)38(64)45(79-31)58-20-54-34-40(52-19-53-41(34)58)50-12-4-2-3-5-13-51-43(66)22-6-9-25(28(14-22)47(68)69)33-26-10-7-23(60)15-29(26)78-30-16-24(61)8-11-27(30)33/h6-11,14-16,19-21,31-32,36-39,45-46,62-65H,2-5,12-13,17-18H2,1H3,(H9-,49,50,51,52,53,55,56,60,61,66,67,68,69,70,71,72,73,74,75)/t31-,32-,36-,37-,38-,39-,45-,46-/m1/s1. The van der Waals surface area contributed by atoms with Gasteiger partial charge in [0.25, 0.3) is 17.4 Å². The summed E-state index contributed by atoms with van der Waals surface area (Å²) in [6.45, 7) is -1.56. The Hall–Kier alpha value is -6.98. The average molecular weight is 1240 g/mol. The molecule has 34 nitrogen and oxygen atoms in total. The summed E-state index contributed by atoms with van der Waals surface area (Å²) in [6.07, 6.45) is -7.19. The molecule has 85 heavy (non-hydrogen) atoms. The topological polar surface area (TPSA) is 522 Å². The number of aryl methyl sites for hydroxylation is 1. The van der Waals surface area contributed by atoms with Gasteiger partial charge in [-0.05, 0) is 63.4 Å². The van der Waals surface area contributed by atoms with Crippen LogP contribution in [0.25, 0.3) is 55.7 Å². The number of unbranched alkanes of at least 4 members (excludes halogenated alkanes) is 3. The van der Waals surface area contributed by atoms with E-state index in [9.17, 15) is 79.2 Å². The number of ether oxygens (including phenoxy) is 2. The second-order valence-electron chi connectivity index (χ2n) is 19.5. The van der Waals surface area contributed by atoms with Crippen LogP contribution in [0.4, 0.5) is 11.8 Å². The molecule has 4 aliphatic rings. The number of hydrogen-bond acceptors (Lipinski definition) is 28. The summed E-state index contributed by atoms with van der Waals surface area (Å²) >= 11 is 0. The van der Waals surface area contributed by atoms with E-state index < -0.39 is 104 Å². The summed E-state index contributed by atoms with van der Waals surface area (Å²) < 4.78 is 38.2. The first kappa shape index (κ1) is 61.1.